The summed E-state index contributed by atoms with van der Waals surface area (Å²) < 4.78 is 19.8. The number of nitrogens with one attached hydrogen (secondary N) is 2. The molecule has 0 spiro atoms. The molecule has 3 aliphatic heterocycles. The van der Waals surface area contributed by atoms with E-state index in [4.69, 9.17) is 10.5 Å². The molecule has 14 heteroatoms. The van der Waals surface area contributed by atoms with Gasteiger partial charge in [-0.05, 0) is 96.5 Å². The Balaban J connectivity index is 1.69. The molecule has 0 bridgehead atoms. The number of aryl methyl sites for hydroxylation is 1. The molecule has 4 rings (SSSR count). The molecule has 3 saturated heterocycles. The lowest BCUT2D eigenvalue weighted by Gasteiger charge is -2.45. The summed E-state index contributed by atoms with van der Waals surface area (Å²) >= 11 is 0. The van der Waals surface area contributed by atoms with Gasteiger partial charge < -0.3 is 36.0 Å². The first kappa shape index (κ1) is 36.2. The lowest BCUT2D eigenvalue weighted by atomic mass is 9.98. The first-order valence-electron chi connectivity index (χ1n) is 16.3. The van der Waals surface area contributed by atoms with Crippen molar-refractivity contribution in [2.24, 2.45) is 11.7 Å². The largest absolute Gasteiger partial charge is 0.458 e. The maximum atomic E-state index is 14.3. The van der Waals surface area contributed by atoms with Crippen LogP contribution in [0, 0.1) is 18.7 Å². The zero-order valence-electron chi connectivity index (χ0n) is 28.3. The van der Waals surface area contributed by atoms with Gasteiger partial charge >= 0.3 is 5.97 Å². The molecule has 3 fully saturated rings. The van der Waals surface area contributed by atoms with E-state index in [0.717, 1.165) is 0 Å². The van der Waals surface area contributed by atoms with Crippen molar-refractivity contribution in [2.75, 3.05) is 20.1 Å². The van der Waals surface area contributed by atoms with E-state index in [-0.39, 0.29) is 25.4 Å². The monoisotopic (exact) mass is 660 g/mol. The number of amides is 4. The molecule has 47 heavy (non-hydrogen) atoms. The third-order valence-corrected chi connectivity index (χ3v) is 9.87. The summed E-state index contributed by atoms with van der Waals surface area (Å²) in [5.41, 5.74) is 5.70. The number of nitrogens with two attached hydrogens (primary N) is 1. The summed E-state index contributed by atoms with van der Waals surface area (Å²) in [7, 11) is 1.57. The molecule has 0 saturated carbocycles. The van der Waals surface area contributed by atoms with Gasteiger partial charge in [-0.25, -0.2) is 9.18 Å². The highest BCUT2D eigenvalue weighted by Gasteiger charge is 2.50. The molecule has 13 nitrogen and oxygen atoms in total. The van der Waals surface area contributed by atoms with E-state index in [9.17, 15) is 33.5 Å². The van der Waals surface area contributed by atoms with E-state index in [1.54, 1.807) is 33.9 Å². The highest BCUT2D eigenvalue weighted by Crippen LogP contribution is 2.32. The van der Waals surface area contributed by atoms with Gasteiger partial charge in [0.1, 0.15) is 35.8 Å². The molecule has 1 aromatic carbocycles. The topological polar surface area (TPSA) is 175 Å². The van der Waals surface area contributed by atoms with Crippen LogP contribution in [0.1, 0.15) is 65.0 Å². The summed E-state index contributed by atoms with van der Waals surface area (Å²) in [4.78, 5) is 72.5. The second-order valence-corrected chi connectivity index (χ2v) is 13.7. The Bertz CT molecular complexity index is 1370. The number of cyclic esters (lactones) is 1. The Morgan fingerprint density at radius 2 is 1.83 bits per heavy atom. The van der Waals surface area contributed by atoms with E-state index in [0.29, 0.717) is 30.4 Å². The molecular weight excluding hydrogens is 611 g/mol. The SMILES string of the molecule is Cc1cc(F)cc(C[C@H](N)C(=O)N[C@@H]2C(=O)N3CCC[C@H]3C(C)(O)N(C)[C@@H](C)C(=O)N[C@@H](C)C(=O)N3C[C@@H](C)CC3C(=O)O[C@H]2C)c1. The zero-order chi connectivity index (χ0) is 35.0. The Hall–Kier alpha value is -3.62. The first-order valence-corrected chi connectivity index (χ1v) is 16.3. The molecule has 4 amide bonds. The van der Waals surface area contributed by atoms with Crippen molar-refractivity contribution in [2.45, 2.75) is 115 Å². The number of esters is 1. The lowest BCUT2D eigenvalue weighted by molar-refractivity contribution is -0.171. The number of halogens is 1. The van der Waals surface area contributed by atoms with Crippen LogP contribution in [-0.2, 0) is 35.1 Å². The number of carbonyl (C=O) groups is 5. The van der Waals surface area contributed by atoms with E-state index in [1.165, 1.54) is 40.7 Å². The highest BCUT2D eigenvalue weighted by atomic mass is 19.1. The highest BCUT2D eigenvalue weighted by molar-refractivity contribution is 5.93. The van der Waals surface area contributed by atoms with Gasteiger partial charge in [-0.1, -0.05) is 13.0 Å². The van der Waals surface area contributed by atoms with Gasteiger partial charge in [0, 0.05) is 13.1 Å². The number of ether oxygens (including phenoxy) is 1. The molecule has 9 atom stereocenters. The van der Waals surface area contributed by atoms with Gasteiger partial charge in [0.2, 0.25) is 23.6 Å². The number of likely N-dealkylation sites (N-methyl/N-ethyl adjacent to an activating group) is 1. The predicted molar refractivity (Wildman–Crippen MR) is 170 cm³/mol. The summed E-state index contributed by atoms with van der Waals surface area (Å²) in [6.07, 6.45) is 0.0455. The Morgan fingerprint density at radius 1 is 1.15 bits per heavy atom. The maximum Gasteiger partial charge on any atom is 0.329 e. The number of hydrogen-bond donors (Lipinski definition) is 4. The molecule has 3 heterocycles. The molecule has 0 aliphatic carbocycles. The van der Waals surface area contributed by atoms with E-state index in [1.807, 2.05) is 6.92 Å². The number of hydrogen-bond acceptors (Lipinski definition) is 9. The van der Waals surface area contributed by atoms with E-state index < -0.39 is 83.5 Å². The fourth-order valence-corrected chi connectivity index (χ4v) is 6.98. The molecule has 3 aliphatic rings. The van der Waals surface area contributed by atoms with Crippen molar-refractivity contribution in [3.05, 3.63) is 35.1 Å². The van der Waals surface area contributed by atoms with Crippen molar-refractivity contribution in [3.8, 4) is 0 Å². The molecule has 260 valence electrons. The number of aliphatic hydroxyl groups is 1. The minimum absolute atomic E-state index is 0.0134. The normalized spacial score (nSPS) is 33.6. The van der Waals surface area contributed by atoms with Crippen LogP contribution in [0.3, 0.4) is 0 Å². The quantitative estimate of drug-likeness (QED) is 0.329. The third kappa shape index (κ3) is 7.76. The second-order valence-electron chi connectivity index (χ2n) is 13.7. The molecule has 2 unspecified atom stereocenters. The number of rotatable bonds is 4. The minimum Gasteiger partial charge on any atom is -0.458 e. The van der Waals surface area contributed by atoms with Crippen LogP contribution in [0.25, 0.3) is 0 Å². The smallest absolute Gasteiger partial charge is 0.329 e. The zero-order valence-corrected chi connectivity index (χ0v) is 28.3. The van der Waals surface area contributed by atoms with Crippen LogP contribution < -0.4 is 16.4 Å². The molecule has 1 aromatic rings. The van der Waals surface area contributed by atoms with Gasteiger partial charge in [-0.2, -0.15) is 0 Å². The van der Waals surface area contributed by atoms with Crippen LogP contribution >= 0.6 is 0 Å². The summed E-state index contributed by atoms with van der Waals surface area (Å²) in [5.74, 6) is -3.54. The van der Waals surface area contributed by atoms with Crippen molar-refractivity contribution in [1.82, 2.24) is 25.3 Å². The van der Waals surface area contributed by atoms with Gasteiger partial charge in [0.15, 0.2) is 0 Å². The van der Waals surface area contributed by atoms with E-state index >= 15 is 0 Å². The van der Waals surface area contributed by atoms with E-state index in [2.05, 4.69) is 10.6 Å². The Labute approximate surface area is 275 Å². The van der Waals surface area contributed by atoms with Crippen LogP contribution in [0.2, 0.25) is 0 Å². The molecule has 0 aromatic heterocycles. The van der Waals surface area contributed by atoms with Gasteiger partial charge in [0.25, 0.3) is 0 Å². The van der Waals surface area contributed by atoms with Crippen molar-refractivity contribution in [3.63, 3.8) is 0 Å². The average Bonchev–Trinajstić information content (AvgIpc) is 3.64. The van der Waals surface area contributed by atoms with Crippen molar-refractivity contribution >= 4 is 29.6 Å². The Kier molecular flexibility index (Phi) is 11.0. The maximum absolute atomic E-state index is 14.3. The van der Waals surface area contributed by atoms with Gasteiger partial charge in [-0.3, -0.25) is 24.1 Å². The van der Waals surface area contributed by atoms with Crippen LogP contribution in [-0.4, -0.2) is 118 Å². The predicted octanol–water partition coefficient (Wildman–Crippen LogP) is 0.196. The number of carbonyl (C=O) groups excluding carboxylic acids is 5. The molecular formula is C33H49FN6O7. The lowest BCUT2D eigenvalue weighted by Crippen LogP contribution is -2.66. The average molecular weight is 661 g/mol. The Morgan fingerprint density at radius 3 is 2.49 bits per heavy atom. The fraction of sp³-hybridized carbons (Fsp3) is 0.667. The second kappa shape index (κ2) is 14.2. The van der Waals surface area contributed by atoms with Crippen LogP contribution in [0.15, 0.2) is 18.2 Å². The van der Waals surface area contributed by atoms with Crippen LogP contribution in [0.5, 0.6) is 0 Å². The van der Waals surface area contributed by atoms with Crippen molar-refractivity contribution < 1.29 is 38.2 Å². The fourth-order valence-electron chi connectivity index (χ4n) is 6.98. The molecule has 0 radical (unpaired) electrons. The number of nitrogens with zero attached hydrogens (tertiary/aromatic N) is 3. The summed E-state index contributed by atoms with van der Waals surface area (Å²) in [6, 6.07) is -1.83. The standard InChI is InChI=1S/C33H49FN6O7/c1-17-11-22(14-23(34)12-17)15-24(35)29(42)37-27-21(5)47-32(45)25-13-18(2)16-40(25)30(43)19(3)36-28(41)20(4)38(7)33(6,46)26-9-8-10-39(26)31(27)44/h11-12,14,18-21,24-27,46H,8-10,13,15-16,35H2,1-7H3,(H,36,41)(H,37,42)/t18-,19-,20-,21-,24-,25?,26-,27-,33?/m0/s1. The summed E-state index contributed by atoms with van der Waals surface area (Å²) in [6.45, 7) is 10.2. The first-order chi connectivity index (χ1) is 21.9. The molecule has 5 N–H and O–H groups in total. The minimum atomic E-state index is -1.71. The third-order valence-electron chi connectivity index (χ3n) is 9.87. The van der Waals surface area contributed by atoms with Crippen LogP contribution in [0.4, 0.5) is 4.39 Å². The summed E-state index contributed by atoms with van der Waals surface area (Å²) in [5, 5.41) is 17.2. The number of fused-ring (bicyclic) bond motifs is 2. The van der Waals surface area contributed by atoms with Gasteiger partial charge in [-0.15, -0.1) is 0 Å². The van der Waals surface area contributed by atoms with Crippen molar-refractivity contribution in [1.29, 1.82) is 0 Å². The van der Waals surface area contributed by atoms with Gasteiger partial charge in [0.05, 0.1) is 18.1 Å². The number of benzene rings is 1.